The molecule has 0 saturated carbocycles. The molecular formula is C25H17BN2O. The van der Waals surface area contributed by atoms with E-state index in [2.05, 4.69) is 85.0 Å². The summed E-state index contributed by atoms with van der Waals surface area (Å²) in [5.41, 5.74) is 11.0. The Balaban J connectivity index is 1.80. The first-order valence-electron chi connectivity index (χ1n) is 10.0. The molecule has 0 fully saturated rings. The van der Waals surface area contributed by atoms with Crippen LogP contribution in [0.4, 0.5) is 0 Å². The number of aryl methyl sites for hydroxylation is 2. The molecule has 4 heteroatoms. The number of benzene rings is 4. The molecule has 0 amide bonds. The normalized spacial score (nSPS) is 13.1. The van der Waals surface area contributed by atoms with Crippen LogP contribution in [0.2, 0.25) is 0 Å². The van der Waals surface area contributed by atoms with E-state index in [-0.39, 0.29) is 6.71 Å². The van der Waals surface area contributed by atoms with E-state index in [9.17, 15) is 0 Å². The largest absolute Gasteiger partial charge is 0.424 e. The number of para-hydroxylation sites is 1. The van der Waals surface area contributed by atoms with E-state index in [1.165, 1.54) is 49.3 Å². The molecule has 136 valence electrons. The molecule has 7 rings (SSSR count). The maximum absolute atomic E-state index is 6.26. The molecule has 0 saturated heterocycles. The molecule has 0 spiro atoms. The lowest BCUT2D eigenvalue weighted by Crippen LogP contribution is -2.56. The van der Waals surface area contributed by atoms with Crippen LogP contribution in [-0.4, -0.2) is 16.1 Å². The quantitative estimate of drug-likeness (QED) is 0.410. The van der Waals surface area contributed by atoms with Gasteiger partial charge in [-0.15, -0.1) is 0 Å². The second-order valence-electron chi connectivity index (χ2n) is 8.14. The van der Waals surface area contributed by atoms with Gasteiger partial charge in [-0.05, 0) is 42.3 Å². The fraction of sp³-hybridized carbons (Fsp3) is 0.0800. The molecule has 1 aliphatic rings. The Morgan fingerprint density at radius 2 is 1.55 bits per heavy atom. The van der Waals surface area contributed by atoms with Gasteiger partial charge in [-0.1, -0.05) is 71.2 Å². The van der Waals surface area contributed by atoms with Gasteiger partial charge in [0.1, 0.15) is 5.58 Å². The smallest absolute Gasteiger partial charge is 0.307 e. The predicted octanol–water partition coefficient (Wildman–Crippen LogP) is 3.83. The van der Waals surface area contributed by atoms with Crippen molar-refractivity contribution >= 4 is 61.9 Å². The average molecular weight is 372 g/mol. The number of aromatic nitrogens is 2. The van der Waals surface area contributed by atoms with E-state index in [1.807, 2.05) is 0 Å². The summed E-state index contributed by atoms with van der Waals surface area (Å²) in [6, 6.07) is 23.9. The Kier molecular flexibility index (Phi) is 2.70. The molecule has 0 N–H and O–H groups in total. The first-order valence-corrected chi connectivity index (χ1v) is 10.0. The first kappa shape index (κ1) is 15.4. The number of rotatable bonds is 1. The molecule has 29 heavy (non-hydrogen) atoms. The summed E-state index contributed by atoms with van der Waals surface area (Å²) in [5, 5.41) is 2.39. The lowest BCUT2D eigenvalue weighted by Gasteiger charge is -2.26. The van der Waals surface area contributed by atoms with Crippen molar-refractivity contribution in [2.45, 2.75) is 13.8 Å². The Bertz CT molecular complexity index is 1620. The van der Waals surface area contributed by atoms with Gasteiger partial charge >= 0.3 is 5.84 Å². The Hall–Kier alpha value is -3.53. The number of imidazole rings is 1. The molecule has 0 atom stereocenters. The van der Waals surface area contributed by atoms with Crippen molar-refractivity contribution in [1.82, 2.24) is 9.38 Å². The molecule has 3 heterocycles. The highest BCUT2D eigenvalue weighted by atomic mass is 16.3. The molecule has 2 aromatic heterocycles. The third-order valence-corrected chi connectivity index (χ3v) is 6.57. The van der Waals surface area contributed by atoms with Crippen molar-refractivity contribution in [1.29, 1.82) is 0 Å². The highest BCUT2D eigenvalue weighted by molar-refractivity contribution is 6.99. The van der Waals surface area contributed by atoms with E-state index in [4.69, 9.17) is 9.40 Å². The highest BCUT2D eigenvalue weighted by Gasteiger charge is 2.34. The summed E-state index contributed by atoms with van der Waals surface area (Å²) in [6.07, 6.45) is 0. The van der Waals surface area contributed by atoms with Crippen LogP contribution in [0.5, 0.6) is 0 Å². The monoisotopic (exact) mass is 372 g/mol. The van der Waals surface area contributed by atoms with Gasteiger partial charge in [0.05, 0.1) is 16.6 Å². The van der Waals surface area contributed by atoms with Gasteiger partial charge in [0.2, 0.25) is 6.71 Å². The highest BCUT2D eigenvalue weighted by Crippen LogP contribution is 2.32. The average Bonchev–Trinajstić information content (AvgIpc) is 3.10. The fourth-order valence-corrected chi connectivity index (χ4v) is 5.40. The summed E-state index contributed by atoms with van der Waals surface area (Å²) in [6.45, 7) is 4.63. The molecule has 1 aliphatic heterocycles. The standard InChI is InChI=1S/C25H17BN2O/c1-14-6-3-7-15(2)22(14)26-17-9-5-10-19-23(17)28-24-18(26)13-12-16-8-4-11-20(21(16)24)29-25(28)27-19/h3-13H,1-2H3. The van der Waals surface area contributed by atoms with E-state index < -0.39 is 0 Å². The Morgan fingerprint density at radius 1 is 0.793 bits per heavy atom. The lowest BCUT2D eigenvalue weighted by molar-refractivity contribution is 0.624. The zero-order chi connectivity index (χ0) is 19.3. The van der Waals surface area contributed by atoms with Crippen LogP contribution in [-0.2, 0) is 0 Å². The van der Waals surface area contributed by atoms with E-state index in [0.29, 0.717) is 5.84 Å². The summed E-state index contributed by atoms with van der Waals surface area (Å²) in [5.74, 6) is 0.667. The molecular weight excluding hydrogens is 355 g/mol. The summed E-state index contributed by atoms with van der Waals surface area (Å²) in [7, 11) is 0. The predicted molar refractivity (Wildman–Crippen MR) is 121 cm³/mol. The van der Waals surface area contributed by atoms with Gasteiger partial charge in [-0.2, -0.15) is 4.98 Å². The van der Waals surface area contributed by atoms with Crippen molar-refractivity contribution in [3.63, 3.8) is 0 Å². The molecule has 3 nitrogen and oxygen atoms in total. The van der Waals surface area contributed by atoms with Gasteiger partial charge < -0.3 is 4.42 Å². The second kappa shape index (κ2) is 5.09. The van der Waals surface area contributed by atoms with Crippen molar-refractivity contribution in [2.75, 3.05) is 0 Å². The minimum Gasteiger partial charge on any atom is -0.424 e. The van der Waals surface area contributed by atoms with E-state index in [0.717, 1.165) is 11.1 Å². The second-order valence-corrected chi connectivity index (χ2v) is 8.14. The molecule has 6 aromatic rings. The van der Waals surface area contributed by atoms with E-state index in [1.54, 1.807) is 0 Å². The van der Waals surface area contributed by atoms with Crippen LogP contribution in [0, 0.1) is 13.8 Å². The van der Waals surface area contributed by atoms with Gasteiger partial charge in [0.25, 0.3) is 0 Å². The van der Waals surface area contributed by atoms with Gasteiger partial charge in [-0.3, -0.25) is 4.40 Å². The molecule has 0 aliphatic carbocycles. The minimum absolute atomic E-state index is 0.183. The Labute approximate surface area is 167 Å². The number of hydrogen-bond acceptors (Lipinski definition) is 2. The van der Waals surface area contributed by atoms with Crippen LogP contribution >= 0.6 is 0 Å². The topological polar surface area (TPSA) is 30.4 Å². The van der Waals surface area contributed by atoms with Gasteiger partial charge in [0, 0.05) is 5.39 Å². The summed E-state index contributed by atoms with van der Waals surface area (Å²) in [4.78, 5) is 4.85. The van der Waals surface area contributed by atoms with Crippen LogP contribution in [0.3, 0.4) is 0 Å². The Morgan fingerprint density at radius 3 is 2.41 bits per heavy atom. The van der Waals surface area contributed by atoms with Crippen LogP contribution in [0.1, 0.15) is 11.1 Å². The molecule has 4 aromatic carbocycles. The van der Waals surface area contributed by atoms with Crippen LogP contribution < -0.4 is 16.4 Å². The zero-order valence-electron chi connectivity index (χ0n) is 16.2. The van der Waals surface area contributed by atoms with Crippen LogP contribution in [0.15, 0.2) is 71.1 Å². The lowest BCUT2D eigenvalue weighted by atomic mass is 9.34. The van der Waals surface area contributed by atoms with Crippen molar-refractivity contribution in [3.8, 4) is 0 Å². The number of hydrogen-bond donors (Lipinski definition) is 0. The minimum atomic E-state index is 0.183. The van der Waals surface area contributed by atoms with Gasteiger partial charge in [0.15, 0.2) is 0 Å². The SMILES string of the molecule is Cc1cccc(C)c1B1c2cccc3nc4oc5cccc6ccc1c(c65)n4c23. The summed E-state index contributed by atoms with van der Waals surface area (Å²) < 4.78 is 8.49. The third kappa shape index (κ3) is 1.77. The summed E-state index contributed by atoms with van der Waals surface area (Å²) >= 11 is 0. The van der Waals surface area contributed by atoms with Crippen molar-refractivity contribution in [3.05, 3.63) is 77.9 Å². The maximum Gasteiger partial charge on any atom is 0.307 e. The van der Waals surface area contributed by atoms with Crippen LogP contribution in [0.25, 0.3) is 38.7 Å². The third-order valence-electron chi connectivity index (χ3n) is 6.57. The van der Waals surface area contributed by atoms with E-state index >= 15 is 0 Å². The van der Waals surface area contributed by atoms with Crippen molar-refractivity contribution < 1.29 is 4.42 Å². The molecule has 0 radical (unpaired) electrons. The first-order chi connectivity index (χ1) is 14.2. The molecule has 0 bridgehead atoms. The maximum atomic E-state index is 6.26. The number of nitrogens with zero attached hydrogens (tertiary/aromatic N) is 2. The van der Waals surface area contributed by atoms with Crippen molar-refractivity contribution in [2.24, 2.45) is 0 Å². The zero-order valence-corrected chi connectivity index (χ0v) is 16.2. The fourth-order valence-electron chi connectivity index (χ4n) is 5.40. The molecule has 0 unspecified atom stereocenters. The van der Waals surface area contributed by atoms with Gasteiger partial charge in [-0.25, -0.2) is 0 Å².